The summed E-state index contributed by atoms with van der Waals surface area (Å²) in [6, 6.07) is 14.2. The van der Waals surface area contributed by atoms with Gasteiger partial charge in [-0.05, 0) is 58.2 Å². The van der Waals surface area contributed by atoms with Gasteiger partial charge in [0, 0.05) is 18.4 Å². The van der Waals surface area contributed by atoms with Crippen LogP contribution in [0, 0.1) is 0 Å². The lowest BCUT2D eigenvalue weighted by Gasteiger charge is -2.12. The lowest BCUT2D eigenvalue weighted by atomic mass is 10.1. The van der Waals surface area contributed by atoms with E-state index in [1.54, 1.807) is 12.3 Å². The van der Waals surface area contributed by atoms with Crippen LogP contribution in [0.5, 0.6) is 10.8 Å². The van der Waals surface area contributed by atoms with E-state index in [0.717, 1.165) is 63.9 Å². The van der Waals surface area contributed by atoms with Gasteiger partial charge in [0.2, 0.25) is 0 Å². The van der Waals surface area contributed by atoms with Crippen molar-refractivity contribution in [1.82, 2.24) is 9.61 Å². The van der Waals surface area contributed by atoms with Gasteiger partial charge in [0.1, 0.15) is 15.8 Å². The third-order valence-electron chi connectivity index (χ3n) is 4.91. The molecule has 39 heavy (non-hydrogen) atoms. The predicted octanol–water partition coefficient (Wildman–Crippen LogP) is 8.76. The predicted molar refractivity (Wildman–Crippen MR) is 169 cm³/mol. The second-order valence-corrected chi connectivity index (χ2v) is 12.3. The number of para-hydroxylation sites is 1. The number of hydrogen-bond donors (Lipinski definition) is 3. The average Bonchev–Trinajstić information content (AvgIpc) is 3.68. The standard InChI is InChI=1S/C17H18BrN3O.C5H6O3S2.C3H6.2C2H6/c1-2-3-8-19-17-10-12(13-6-4-5-7-16(13)22)9-15-14(18)11-20-21(15)17;1-10(7,8)5-3-2-4(6)9-5;1-2-3-1;2*1-2/h4-7,9-11,19,22H,2-3,8H2,1H3;2-3,6H,1H3;1-3H2;2*1-2H3. The van der Waals surface area contributed by atoms with Gasteiger partial charge in [-0.2, -0.15) is 5.10 Å². The smallest absolute Gasteiger partial charge is 0.185 e. The molecule has 0 unspecified atom stereocenters. The van der Waals surface area contributed by atoms with E-state index in [1.165, 1.54) is 31.4 Å². The Morgan fingerprint density at radius 1 is 1.03 bits per heavy atom. The van der Waals surface area contributed by atoms with Gasteiger partial charge in [-0.25, -0.2) is 12.9 Å². The number of pyridine rings is 1. The highest BCUT2D eigenvalue weighted by Crippen LogP contribution is 2.33. The molecule has 3 heterocycles. The number of aromatic hydroxyl groups is 2. The molecular weight excluding hydrogens is 598 g/mol. The quantitative estimate of drug-likeness (QED) is 0.182. The van der Waals surface area contributed by atoms with Crippen LogP contribution >= 0.6 is 27.3 Å². The second kappa shape index (κ2) is 17.9. The lowest BCUT2D eigenvalue weighted by Crippen LogP contribution is -2.06. The van der Waals surface area contributed by atoms with Gasteiger partial charge < -0.3 is 15.5 Å². The summed E-state index contributed by atoms with van der Waals surface area (Å²) in [5.74, 6) is 1.21. The summed E-state index contributed by atoms with van der Waals surface area (Å²) in [4.78, 5) is 0. The van der Waals surface area contributed by atoms with Gasteiger partial charge in [0.05, 0.1) is 16.2 Å². The summed E-state index contributed by atoms with van der Waals surface area (Å²) >= 11 is 4.40. The normalized spacial score (nSPS) is 11.4. The number of nitrogens with zero attached hydrogens (tertiary/aromatic N) is 2. The van der Waals surface area contributed by atoms with Gasteiger partial charge in [0.25, 0.3) is 0 Å². The maximum Gasteiger partial charge on any atom is 0.185 e. The van der Waals surface area contributed by atoms with E-state index in [9.17, 15) is 13.5 Å². The highest BCUT2D eigenvalue weighted by atomic mass is 79.9. The van der Waals surface area contributed by atoms with Gasteiger partial charge in [-0.15, -0.1) is 0 Å². The topological polar surface area (TPSA) is 104 Å². The Hall–Kier alpha value is -2.56. The number of nitrogens with one attached hydrogen (secondary N) is 1. The molecule has 1 saturated carbocycles. The fourth-order valence-electron chi connectivity index (χ4n) is 2.96. The molecule has 3 aromatic heterocycles. The van der Waals surface area contributed by atoms with Crippen LogP contribution in [0.15, 0.2) is 63.4 Å². The van der Waals surface area contributed by atoms with Crippen molar-refractivity contribution in [3.63, 3.8) is 0 Å². The summed E-state index contributed by atoms with van der Waals surface area (Å²) < 4.78 is 24.5. The Morgan fingerprint density at radius 2 is 1.67 bits per heavy atom. The number of fused-ring (bicyclic) bond motifs is 1. The van der Waals surface area contributed by atoms with Gasteiger partial charge in [-0.3, -0.25) is 0 Å². The number of hydrogen-bond acceptors (Lipinski definition) is 7. The number of rotatable bonds is 6. The number of phenolic OH excluding ortho intramolecular Hbond substituents is 1. The minimum absolute atomic E-state index is 0.0282. The van der Waals surface area contributed by atoms with Crippen LogP contribution in [-0.4, -0.2) is 41.0 Å². The van der Waals surface area contributed by atoms with Crippen molar-refractivity contribution < 1.29 is 18.6 Å². The first-order valence-corrected chi connectivity index (χ1v) is 16.9. The second-order valence-electron chi connectivity index (χ2n) is 8.14. The molecule has 0 aliphatic heterocycles. The highest BCUT2D eigenvalue weighted by molar-refractivity contribution is 9.10. The molecular formula is C29H42BrN3O4S2. The molecule has 0 radical (unpaired) electrons. The summed E-state index contributed by atoms with van der Waals surface area (Å²) in [5, 5.41) is 26.7. The molecule has 1 aromatic carbocycles. The summed E-state index contributed by atoms with van der Waals surface area (Å²) in [7, 11) is -3.12. The van der Waals surface area contributed by atoms with Crippen LogP contribution in [-0.2, 0) is 9.84 Å². The molecule has 1 fully saturated rings. The van der Waals surface area contributed by atoms with Crippen molar-refractivity contribution in [2.24, 2.45) is 0 Å². The van der Waals surface area contributed by atoms with E-state index >= 15 is 0 Å². The van der Waals surface area contributed by atoms with E-state index in [-0.39, 0.29) is 15.0 Å². The molecule has 0 atom stereocenters. The van der Waals surface area contributed by atoms with Crippen LogP contribution in [0.1, 0.15) is 66.7 Å². The molecule has 216 valence electrons. The van der Waals surface area contributed by atoms with Crippen molar-refractivity contribution >= 4 is 48.4 Å². The van der Waals surface area contributed by atoms with Gasteiger partial charge >= 0.3 is 0 Å². The number of benzene rings is 1. The lowest BCUT2D eigenvalue weighted by molar-refractivity contribution is 0.477. The first-order valence-electron chi connectivity index (χ1n) is 13.4. The number of unbranched alkanes of at least 4 members (excludes halogenated alkanes) is 1. The molecule has 0 saturated heterocycles. The van der Waals surface area contributed by atoms with Crippen LogP contribution in [0.2, 0.25) is 0 Å². The number of phenols is 1. The number of sulfone groups is 1. The van der Waals surface area contributed by atoms with Crippen molar-refractivity contribution in [3.8, 4) is 21.9 Å². The molecule has 0 bridgehead atoms. The summed E-state index contributed by atoms with van der Waals surface area (Å²) in [6.45, 7) is 11.1. The van der Waals surface area contributed by atoms with E-state index in [4.69, 9.17) is 5.11 Å². The summed E-state index contributed by atoms with van der Waals surface area (Å²) in [6.07, 6.45) is 9.64. The van der Waals surface area contributed by atoms with E-state index in [2.05, 4.69) is 33.3 Å². The minimum Gasteiger partial charge on any atom is -0.507 e. The zero-order chi connectivity index (χ0) is 29.4. The van der Waals surface area contributed by atoms with Crippen molar-refractivity contribution in [3.05, 3.63) is 59.2 Å². The van der Waals surface area contributed by atoms with Crippen molar-refractivity contribution in [2.75, 3.05) is 18.1 Å². The zero-order valence-electron chi connectivity index (χ0n) is 23.7. The number of halogens is 1. The molecule has 0 spiro atoms. The van der Waals surface area contributed by atoms with Gasteiger partial charge in [0.15, 0.2) is 14.9 Å². The third-order valence-corrected chi connectivity index (χ3v) is 8.23. The third kappa shape index (κ3) is 11.6. The molecule has 3 N–H and O–H groups in total. The summed E-state index contributed by atoms with van der Waals surface area (Å²) in [5.41, 5.74) is 2.75. The Labute approximate surface area is 246 Å². The molecule has 0 amide bonds. The number of aromatic nitrogens is 2. The van der Waals surface area contributed by atoms with Crippen LogP contribution in [0.25, 0.3) is 16.6 Å². The molecule has 1 aliphatic rings. The number of thiophene rings is 1. The Balaban J connectivity index is 0.000000369. The molecule has 7 nitrogen and oxygen atoms in total. The van der Waals surface area contributed by atoms with E-state index < -0.39 is 9.84 Å². The fourth-order valence-corrected chi connectivity index (χ4v) is 4.99. The molecule has 4 aromatic rings. The van der Waals surface area contributed by atoms with E-state index in [1.807, 2.05) is 62.5 Å². The first-order chi connectivity index (χ1) is 18.7. The Morgan fingerprint density at radius 3 is 2.15 bits per heavy atom. The zero-order valence-corrected chi connectivity index (χ0v) is 27.0. The Bertz CT molecular complexity index is 1360. The first kappa shape index (κ1) is 34.5. The molecule has 10 heteroatoms. The fraction of sp³-hybridized carbons (Fsp3) is 0.414. The van der Waals surface area contributed by atoms with Crippen LogP contribution in [0.3, 0.4) is 0 Å². The molecule has 5 rings (SSSR count). The average molecular weight is 641 g/mol. The van der Waals surface area contributed by atoms with Crippen LogP contribution in [0.4, 0.5) is 5.82 Å². The number of anilines is 1. The van der Waals surface area contributed by atoms with Crippen molar-refractivity contribution in [1.29, 1.82) is 0 Å². The monoisotopic (exact) mass is 639 g/mol. The van der Waals surface area contributed by atoms with E-state index in [0.29, 0.717) is 0 Å². The van der Waals surface area contributed by atoms with Crippen molar-refractivity contribution in [2.45, 2.75) is 70.9 Å². The van der Waals surface area contributed by atoms with Gasteiger partial charge in [-0.1, -0.05) is 89.8 Å². The maximum atomic E-state index is 10.7. The largest absolute Gasteiger partial charge is 0.507 e. The highest BCUT2D eigenvalue weighted by Gasteiger charge is 2.12. The van der Waals surface area contributed by atoms with Crippen LogP contribution < -0.4 is 5.32 Å². The minimum atomic E-state index is -3.12. The Kier molecular flexibility index (Phi) is 15.8. The SMILES string of the molecule is C1CC1.CC.CC.CCCCNc1cc(-c2ccccc2O)cc2c(Br)cnn12.CS(=O)(=O)c1ccc(O)s1. The molecule has 1 aliphatic carbocycles. The maximum absolute atomic E-state index is 10.7.